The molecule has 4 rings (SSSR count). The van der Waals surface area contributed by atoms with Crippen molar-refractivity contribution in [2.24, 2.45) is 0 Å². The largest absolute Gasteiger partial charge is 0.465 e. The Morgan fingerprint density at radius 2 is 2.00 bits per heavy atom. The molecule has 2 heterocycles. The van der Waals surface area contributed by atoms with Gasteiger partial charge in [-0.3, -0.25) is 4.90 Å². The van der Waals surface area contributed by atoms with E-state index >= 15 is 0 Å². The lowest BCUT2D eigenvalue weighted by Gasteiger charge is -2.28. The third kappa shape index (κ3) is 3.61. The summed E-state index contributed by atoms with van der Waals surface area (Å²) in [5, 5.41) is 3.22. The SMILES string of the molecule is COC(=O)c1ccc(Oc2ccc(N3C[C@@H]4CNCCN4C3=O)c(F)c2)c(F)c1. The Hall–Kier alpha value is -3.20. The van der Waals surface area contributed by atoms with E-state index in [4.69, 9.17) is 4.74 Å². The number of ether oxygens (including phenoxy) is 2. The van der Waals surface area contributed by atoms with Crippen molar-refractivity contribution in [3.8, 4) is 11.5 Å². The van der Waals surface area contributed by atoms with Crippen LogP contribution < -0.4 is 15.0 Å². The number of carbonyl (C=O) groups is 2. The molecule has 2 amide bonds. The van der Waals surface area contributed by atoms with E-state index in [1.165, 1.54) is 36.3 Å². The van der Waals surface area contributed by atoms with E-state index < -0.39 is 17.6 Å². The van der Waals surface area contributed by atoms with Gasteiger partial charge in [-0.25, -0.2) is 18.4 Å². The number of anilines is 1. The van der Waals surface area contributed by atoms with Crippen molar-refractivity contribution in [1.29, 1.82) is 0 Å². The van der Waals surface area contributed by atoms with Gasteiger partial charge in [0, 0.05) is 32.2 Å². The monoisotopic (exact) mass is 403 g/mol. The van der Waals surface area contributed by atoms with Crippen LogP contribution in [0.5, 0.6) is 11.5 Å². The molecule has 152 valence electrons. The molecule has 0 unspecified atom stereocenters. The number of benzene rings is 2. The van der Waals surface area contributed by atoms with Crippen molar-refractivity contribution in [2.75, 3.05) is 38.2 Å². The number of rotatable bonds is 4. The van der Waals surface area contributed by atoms with Crippen molar-refractivity contribution in [3.05, 3.63) is 53.6 Å². The van der Waals surface area contributed by atoms with Crippen LogP contribution in [0.15, 0.2) is 36.4 Å². The molecule has 2 fully saturated rings. The molecule has 7 nitrogen and oxygen atoms in total. The molecule has 29 heavy (non-hydrogen) atoms. The highest BCUT2D eigenvalue weighted by molar-refractivity contribution is 5.95. The molecule has 0 saturated carbocycles. The topological polar surface area (TPSA) is 71.1 Å². The Morgan fingerprint density at radius 3 is 2.69 bits per heavy atom. The van der Waals surface area contributed by atoms with Crippen LogP contribution in [0.1, 0.15) is 10.4 Å². The molecule has 2 aromatic rings. The first kappa shape index (κ1) is 19.1. The van der Waals surface area contributed by atoms with Gasteiger partial charge in [0.15, 0.2) is 17.4 Å². The molecule has 0 aliphatic carbocycles. The van der Waals surface area contributed by atoms with Crippen LogP contribution >= 0.6 is 0 Å². The third-order valence-electron chi connectivity index (χ3n) is 5.01. The Bertz CT molecular complexity index is 969. The molecule has 2 aliphatic rings. The normalized spacial score (nSPS) is 18.6. The van der Waals surface area contributed by atoms with E-state index in [1.54, 1.807) is 4.90 Å². The highest BCUT2D eigenvalue weighted by atomic mass is 19.1. The van der Waals surface area contributed by atoms with E-state index in [1.807, 2.05) is 0 Å². The van der Waals surface area contributed by atoms with Gasteiger partial charge in [-0.2, -0.15) is 0 Å². The van der Waals surface area contributed by atoms with Crippen molar-refractivity contribution < 1.29 is 27.8 Å². The lowest BCUT2D eigenvalue weighted by Crippen LogP contribution is -2.49. The molecule has 2 saturated heterocycles. The number of nitrogens with zero attached hydrogens (tertiary/aromatic N) is 2. The molecule has 9 heteroatoms. The first-order chi connectivity index (χ1) is 14.0. The van der Waals surface area contributed by atoms with Gasteiger partial charge < -0.3 is 19.7 Å². The van der Waals surface area contributed by atoms with E-state index in [9.17, 15) is 18.4 Å². The number of urea groups is 1. The molecule has 0 radical (unpaired) electrons. The van der Waals surface area contributed by atoms with E-state index in [0.717, 1.165) is 12.1 Å². The number of carbonyl (C=O) groups excluding carboxylic acids is 2. The van der Waals surface area contributed by atoms with Crippen molar-refractivity contribution in [2.45, 2.75) is 6.04 Å². The second kappa shape index (κ2) is 7.67. The van der Waals surface area contributed by atoms with Gasteiger partial charge in [0.25, 0.3) is 0 Å². The number of piperazine rings is 1. The van der Waals surface area contributed by atoms with E-state index in [-0.39, 0.29) is 34.8 Å². The number of halogens is 2. The predicted molar refractivity (Wildman–Crippen MR) is 100 cm³/mol. The van der Waals surface area contributed by atoms with Crippen LogP contribution in [0.3, 0.4) is 0 Å². The zero-order chi connectivity index (χ0) is 20.5. The average molecular weight is 403 g/mol. The van der Waals surface area contributed by atoms with Gasteiger partial charge >= 0.3 is 12.0 Å². The molecular formula is C20H19F2N3O4. The van der Waals surface area contributed by atoms with Crippen LogP contribution in [0.4, 0.5) is 19.3 Å². The second-order valence-corrected chi connectivity index (χ2v) is 6.80. The van der Waals surface area contributed by atoms with Gasteiger partial charge in [0.05, 0.1) is 24.4 Å². The standard InChI is InChI=1S/C20H19F2N3O4/c1-28-19(26)12-2-5-18(16(22)8-12)29-14-3-4-17(15(21)9-14)25-11-13-10-23-6-7-24(13)20(25)27/h2-5,8-9,13,23H,6-7,10-11H2,1H3/t13-/m0/s1. The number of esters is 1. The number of hydrogen-bond acceptors (Lipinski definition) is 5. The summed E-state index contributed by atoms with van der Waals surface area (Å²) in [5.41, 5.74) is 0.190. The van der Waals surface area contributed by atoms with Crippen LogP contribution in [0.25, 0.3) is 0 Å². The first-order valence-electron chi connectivity index (χ1n) is 9.12. The molecule has 1 N–H and O–H groups in total. The second-order valence-electron chi connectivity index (χ2n) is 6.80. The van der Waals surface area contributed by atoms with E-state index in [0.29, 0.717) is 26.2 Å². The average Bonchev–Trinajstić information content (AvgIpc) is 3.05. The Morgan fingerprint density at radius 1 is 1.17 bits per heavy atom. The minimum absolute atomic E-state index is 0.00833. The Labute approximate surface area is 165 Å². The summed E-state index contributed by atoms with van der Waals surface area (Å²) >= 11 is 0. The fourth-order valence-corrected chi connectivity index (χ4v) is 3.55. The molecule has 0 bridgehead atoms. The third-order valence-corrected chi connectivity index (χ3v) is 5.01. The van der Waals surface area contributed by atoms with Crippen molar-refractivity contribution >= 4 is 17.7 Å². The maximum absolute atomic E-state index is 14.7. The van der Waals surface area contributed by atoms with Gasteiger partial charge in [-0.15, -0.1) is 0 Å². The van der Waals surface area contributed by atoms with Crippen LogP contribution in [-0.2, 0) is 4.74 Å². The molecule has 0 aromatic heterocycles. The summed E-state index contributed by atoms with van der Waals surface area (Å²) in [4.78, 5) is 27.1. The van der Waals surface area contributed by atoms with Crippen molar-refractivity contribution in [3.63, 3.8) is 0 Å². The molecule has 1 atom stereocenters. The number of nitrogens with one attached hydrogen (secondary N) is 1. The summed E-state index contributed by atoms with van der Waals surface area (Å²) in [6.45, 7) is 2.37. The van der Waals surface area contributed by atoms with Gasteiger partial charge in [-0.05, 0) is 30.3 Å². The first-order valence-corrected chi connectivity index (χ1v) is 9.12. The molecule has 2 aliphatic heterocycles. The summed E-state index contributed by atoms with van der Waals surface area (Å²) in [5.74, 6) is -2.19. The minimum Gasteiger partial charge on any atom is -0.465 e. The van der Waals surface area contributed by atoms with Crippen LogP contribution in [-0.4, -0.2) is 56.2 Å². The zero-order valence-electron chi connectivity index (χ0n) is 15.7. The minimum atomic E-state index is -0.781. The van der Waals surface area contributed by atoms with Gasteiger partial charge in [0.1, 0.15) is 5.75 Å². The molecule has 2 aromatic carbocycles. The smallest absolute Gasteiger partial charge is 0.337 e. The molecular weight excluding hydrogens is 384 g/mol. The predicted octanol–water partition coefficient (Wildman–Crippen LogP) is 2.76. The lowest BCUT2D eigenvalue weighted by molar-refractivity contribution is 0.0600. The fourth-order valence-electron chi connectivity index (χ4n) is 3.55. The maximum atomic E-state index is 14.7. The molecule has 0 spiro atoms. The number of amides is 2. The summed E-state index contributed by atoms with van der Waals surface area (Å²) in [6.07, 6.45) is 0. The Balaban J connectivity index is 1.52. The Kier molecular flexibility index (Phi) is 5.06. The fraction of sp³-hybridized carbons (Fsp3) is 0.300. The summed E-state index contributed by atoms with van der Waals surface area (Å²) in [7, 11) is 1.20. The van der Waals surface area contributed by atoms with Crippen LogP contribution in [0, 0.1) is 11.6 Å². The number of hydrogen-bond donors (Lipinski definition) is 1. The van der Waals surface area contributed by atoms with Gasteiger partial charge in [0.2, 0.25) is 0 Å². The van der Waals surface area contributed by atoms with Crippen LogP contribution in [0.2, 0.25) is 0 Å². The van der Waals surface area contributed by atoms with Gasteiger partial charge in [-0.1, -0.05) is 0 Å². The summed E-state index contributed by atoms with van der Waals surface area (Å²) in [6, 6.07) is 7.39. The zero-order valence-corrected chi connectivity index (χ0v) is 15.7. The number of methoxy groups -OCH3 is 1. The van der Waals surface area contributed by atoms with Crippen molar-refractivity contribution in [1.82, 2.24) is 10.2 Å². The van der Waals surface area contributed by atoms with E-state index in [2.05, 4.69) is 10.1 Å². The quantitative estimate of drug-likeness (QED) is 0.795. The maximum Gasteiger partial charge on any atom is 0.337 e. The highest BCUT2D eigenvalue weighted by Gasteiger charge is 2.40. The summed E-state index contributed by atoms with van der Waals surface area (Å²) < 4.78 is 38.8. The number of fused-ring (bicyclic) bond motifs is 1. The lowest BCUT2D eigenvalue weighted by atomic mass is 10.2. The highest BCUT2D eigenvalue weighted by Crippen LogP contribution is 2.32.